The summed E-state index contributed by atoms with van der Waals surface area (Å²) in [5, 5.41) is 14.6. The van der Waals surface area contributed by atoms with E-state index in [1.165, 1.54) is 0 Å². The van der Waals surface area contributed by atoms with E-state index in [-0.39, 0.29) is 17.5 Å². The lowest BCUT2D eigenvalue weighted by atomic mass is 9.88. The summed E-state index contributed by atoms with van der Waals surface area (Å²) in [6.45, 7) is 4.15. The van der Waals surface area contributed by atoms with Gasteiger partial charge in [-0.15, -0.1) is 0 Å². The number of hydrogen-bond acceptors (Lipinski definition) is 6. The number of ketones is 1. The number of aromatic hydroxyl groups is 1. The number of hydrogen-bond donors (Lipinski definition) is 2. The van der Waals surface area contributed by atoms with Crippen LogP contribution in [0.4, 0.5) is 11.4 Å². The van der Waals surface area contributed by atoms with Crippen LogP contribution in [0.3, 0.4) is 0 Å². The van der Waals surface area contributed by atoms with Crippen LogP contribution in [0.1, 0.15) is 43.0 Å². The number of fused-ring (bicyclic) bond motifs is 1. The van der Waals surface area contributed by atoms with Crippen LogP contribution in [0.15, 0.2) is 36.5 Å². The fraction of sp³-hybridized carbons (Fsp3) is 0.448. The Kier molecular flexibility index (Phi) is 6.84. The Labute approximate surface area is 218 Å². The quantitative estimate of drug-likeness (QED) is 0.300. The predicted molar refractivity (Wildman–Crippen MR) is 149 cm³/mol. The first kappa shape index (κ1) is 24.8. The molecule has 1 aliphatic carbocycles. The summed E-state index contributed by atoms with van der Waals surface area (Å²) in [6.07, 6.45) is 5.93. The van der Waals surface area contributed by atoms with Gasteiger partial charge in [-0.2, -0.15) is 0 Å². The average Bonchev–Trinajstić information content (AvgIpc) is 3.74. The number of nitrogens with zero attached hydrogens (tertiary/aromatic N) is 3. The number of rotatable bonds is 7. The van der Waals surface area contributed by atoms with Gasteiger partial charge in [-0.05, 0) is 88.0 Å². The second kappa shape index (κ2) is 9.91. The van der Waals surface area contributed by atoms with Crippen LogP contribution in [0, 0.1) is 11.8 Å². The molecule has 3 aromatic rings. The third-order valence-corrected chi connectivity index (χ3v) is 8.36. The van der Waals surface area contributed by atoms with Gasteiger partial charge in [0.05, 0.1) is 27.5 Å². The molecule has 1 saturated carbocycles. The summed E-state index contributed by atoms with van der Waals surface area (Å²) in [5.74, 6) is 1.03. The lowest BCUT2D eigenvalue weighted by molar-refractivity contribution is 0.0967. The molecular formula is C29H35ClN4O2. The van der Waals surface area contributed by atoms with E-state index in [0.717, 1.165) is 72.1 Å². The normalized spacial score (nSPS) is 17.6. The average molecular weight is 507 g/mol. The first-order valence-corrected chi connectivity index (χ1v) is 13.2. The Hall–Kier alpha value is -2.83. The van der Waals surface area contributed by atoms with Gasteiger partial charge in [0.1, 0.15) is 0 Å². The number of pyridine rings is 1. The fourth-order valence-electron chi connectivity index (χ4n) is 5.43. The number of halogens is 1. The second-order valence-corrected chi connectivity index (χ2v) is 10.9. The number of phenolic OH excluding ortho intramolecular Hbond substituents is 1. The van der Waals surface area contributed by atoms with Gasteiger partial charge in [0, 0.05) is 43.7 Å². The zero-order valence-electron chi connectivity index (χ0n) is 21.5. The molecule has 2 aliphatic rings. The number of aromatic nitrogens is 1. The minimum Gasteiger partial charge on any atom is -0.504 e. The maximum absolute atomic E-state index is 13.4. The highest BCUT2D eigenvalue weighted by atomic mass is 35.5. The Morgan fingerprint density at radius 1 is 1.14 bits per heavy atom. The first-order valence-electron chi connectivity index (χ1n) is 12.9. The molecule has 36 heavy (non-hydrogen) atoms. The van der Waals surface area contributed by atoms with Crippen LogP contribution >= 0.6 is 11.6 Å². The van der Waals surface area contributed by atoms with Crippen molar-refractivity contribution in [1.82, 2.24) is 9.88 Å². The van der Waals surface area contributed by atoms with Crippen molar-refractivity contribution in [3.63, 3.8) is 0 Å². The van der Waals surface area contributed by atoms with Gasteiger partial charge >= 0.3 is 0 Å². The van der Waals surface area contributed by atoms with Crippen LogP contribution < -0.4 is 10.2 Å². The number of benzene rings is 2. The summed E-state index contributed by atoms with van der Waals surface area (Å²) in [6, 6.07) is 10.4. The lowest BCUT2D eigenvalue weighted by Gasteiger charge is -2.39. The molecule has 0 bridgehead atoms. The standard InChI is InChI=1S/C29H35ClN4O2/c1-17(33(3)4)18-9-11-34(12-10-18)27-22-13-20(21-14-24(30)29(36)26(15-21)31-2)7-8-25(22)32-16-23(27)28(35)19-5-6-19/h7-8,13-19,31,36H,5-6,9-12H2,1-4H3. The van der Waals surface area contributed by atoms with Crippen molar-refractivity contribution in [3.05, 3.63) is 47.1 Å². The second-order valence-electron chi connectivity index (χ2n) is 10.5. The van der Waals surface area contributed by atoms with Crippen LogP contribution in [-0.4, -0.2) is 61.0 Å². The molecule has 1 atom stereocenters. The minimum absolute atomic E-state index is 0.0400. The number of carbonyl (C=O) groups is 1. The van der Waals surface area contributed by atoms with Gasteiger partial charge in [-0.25, -0.2) is 0 Å². The molecule has 1 saturated heterocycles. The van der Waals surface area contributed by atoms with Crippen molar-refractivity contribution in [1.29, 1.82) is 0 Å². The molecule has 5 rings (SSSR count). The number of Topliss-reactive ketones (excluding diaryl/α,β-unsaturated/α-hetero) is 1. The van der Waals surface area contributed by atoms with E-state index in [2.05, 4.69) is 42.2 Å². The molecule has 2 heterocycles. The molecule has 2 aromatic carbocycles. The monoisotopic (exact) mass is 506 g/mol. The summed E-state index contributed by atoms with van der Waals surface area (Å²) in [5.41, 5.74) is 5.09. The summed E-state index contributed by atoms with van der Waals surface area (Å²) < 4.78 is 0. The van der Waals surface area contributed by atoms with E-state index in [1.54, 1.807) is 19.3 Å². The van der Waals surface area contributed by atoms with Crippen LogP contribution in [-0.2, 0) is 0 Å². The van der Waals surface area contributed by atoms with E-state index in [1.807, 2.05) is 18.2 Å². The highest BCUT2D eigenvalue weighted by Crippen LogP contribution is 2.42. The smallest absolute Gasteiger partial charge is 0.169 e. The maximum Gasteiger partial charge on any atom is 0.169 e. The molecule has 2 N–H and O–H groups in total. The highest BCUT2D eigenvalue weighted by molar-refractivity contribution is 6.32. The number of anilines is 2. The van der Waals surface area contributed by atoms with Crippen molar-refractivity contribution in [2.45, 2.75) is 38.6 Å². The zero-order chi connectivity index (χ0) is 25.6. The van der Waals surface area contributed by atoms with Crippen molar-refractivity contribution in [2.24, 2.45) is 11.8 Å². The van der Waals surface area contributed by atoms with E-state index in [9.17, 15) is 9.90 Å². The summed E-state index contributed by atoms with van der Waals surface area (Å²) >= 11 is 6.33. The van der Waals surface area contributed by atoms with E-state index < -0.39 is 0 Å². The Morgan fingerprint density at radius 3 is 2.50 bits per heavy atom. The lowest BCUT2D eigenvalue weighted by Crippen LogP contribution is -2.42. The van der Waals surface area contributed by atoms with Crippen LogP contribution in [0.2, 0.25) is 5.02 Å². The number of nitrogens with one attached hydrogen (secondary N) is 1. The highest BCUT2D eigenvalue weighted by Gasteiger charge is 2.35. The van der Waals surface area contributed by atoms with Crippen molar-refractivity contribution >= 4 is 39.7 Å². The van der Waals surface area contributed by atoms with Crippen molar-refractivity contribution < 1.29 is 9.90 Å². The summed E-state index contributed by atoms with van der Waals surface area (Å²) in [4.78, 5) is 22.8. The van der Waals surface area contributed by atoms with E-state index in [0.29, 0.717) is 22.7 Å². The number of carbonyl (C=O) groups excluding carboxylic acids is 1. The Balaban J connectivity index is 1.59. The van der Waals surface area contributed by atoms with Gasteiger partial charge in [0.25, 0.3) is 0 Å². The van der Waals surface area contributed by atoms with Gasteiger partial charge in [-0.3, -0.25) is 9.78 Å². The van der Waals surface area contributed by atoms with Gasteiger partial charge in [0.2, 0.25) is 0 Å². The SMILES string of the molecule is CNc1cc(-c2ccc3ncc(C(=O)C4CC4)c(N4CCC(C(C)N(C)C)CC4)c3c2)cc(Cl)c1O. The Bertz CT molecular complexity index is 1300. The first-order chi connectivity index (χ1) is 17.3. The molecule has 190 valence electrons. The molecule has 7 heteroatoms. The van der Waals surface area contributed by atoms with Gasteiger partial charge in [-0.1, -0.05) is 17.7 Å². The van der Waals surface area contributed by atoms with Crippen molar-refractivity contribution in [3.8, 4) is 16.9 Å². The molecule has 6 nitrogen and oxygen atoms in total. The number of phenols is 1. The fourth-order valence-corrected chi connectivity index (χ4v) is 5.65. The molecule has 0 spiro atoms. The maximum atomic E-state index is 13.4. The molecule has 0 radical (unpaired) electrons. The van der Waals surface area contributed by atoms with E-state index >= 15 is 0 Å². The van der Waals surface area contributed by atoms with Gasteiger partial charge in [0.15, 0.2) is 11.5 Å². The van der Waals surface area contributed by atoms with Crippen molar-refractivity contribution in [2.75, 3.05) is 44.4 Å². The largest absolute Gasteiger partial charge is 0.504 e. The van der Waals surface area contributed by atoms with Crippen LogP contribution in [0.5, 0.6) is 5.75 Å². The third-order valence-electron chi connectivity index (χ3n) is 8.07. The molecule has 2 fully saturated rings. The third kappa shape index (κ3) is 4.64. The predicted octanol–water partition coefficient (Wildman–Crippen LogP) is 6.06. The molecule has 0 amide bonds. The molecule has 1 aromatic heterocycles. The zero-order valence-corrected chi connectivity index (χ0v) is 22.3. The minimum atomic E-state index is 0.0400. The number of piperidine rings is 1. The Morgan fingerprint density at radius 2 is 1.86 bits per heavy atom. The topological polar surface area (TPSA) is 68.7 Å². The molecule has 1 unspecified atom stereocenters. The van der Waals surface area contributed by atoms with Crippen LogP contribution in [0.25, 0.3) is 22.0 Å². The van der Waals surface area contributed by atoms with Gasteiger partial charge < -0.3 is 20.2 Å². The molecule has 1 aliphatic heterocycles. The molecular weight excluding hydrogens is 472 g/mol. The van der Waals surface area contributed by atoms with E-state index in [4.69, 9.17) is 16.6 Å². The summed E-state index contributed by atoms with van der Waals surface area (Å²) in [7, 11) is 6.06.